The third-order valence-electron chi connectivity index (χ3n) is 3.87. The molecule has 0 radical (unpaired) electrons. The van der Waals surface area contributed by atoms with Crippen LogP contribution in [0.15, 0.2) is 24.3 Å². The summed E-state index contributed by atoms with van der Waals surface area (Å²) in [6.45, 7) is 4.23. The summed E-state index contributed by atoms with van der Waals surface area (Å²) in [5.74, 6) is -2.30. The van der Waals surface area contributed by atoms with Gasteiger partial charge in [-0.15, -0.1) is 0 Å². The first kappa shape index (κ1) is 14.5. The highest BCUT2D eigenvalue weighted by Gasteiger charge is 2.50. The van der Waals surface area contributed by atoms with Crippen LogP contribution in [0.25, 0.3) is 0 Å². The Labute approximate surface area is 117 Å². The fraction of sp³-hybridized carbons (Fsp3) is 0.467. The van der Waals surface area contributed by atoms with Crippen LogP contribution in [0.4, 0.5) is 4.39 Å². The molecule has 5 heteroatoms. The van der Waals surface area contributed by atoms with E-state index in [1.807, 2.05) is 13.8 Å². The molecule has 3 atom stereocenters. The number of carbonyl (C=O) groups excluding carboxylic acids is 1. The van der Waals surface area contributed by atoms with Crippen molar-refractivity contribution >= 4 is 11.9 Å². The third kappa shape index (κ3) is 2.81. The van der Waals surface area contributed by atoms with Crippen LogP contribution in [-0.2, 0) is 9.59 Å². The number of hydrogen-bond donors (Lipinski definition) is 1. The van der Waals surface area contributed by atoms with Crippen LogP contribution in [0.5, 0.6) is 0 Å². The fourth-order valence-electron chi connectivity index (χ4n) is 2.50. The molecule has 0 spiro atoms. The Hall–Kier alpha value is -1.91. The van der Waals surface area contributed by atoms with E-state index in [1.165, 1.54) is 12.1 Å². The standard InChI is InChI=1S/C15H18FNO3/c1-3-17(14(18)12-8-13(12)15(19)20)9(2)10-4-6-11(16)7-5-10/h4-7,9,12-13H,3,8H2,1-2H3,(H,19,20). The highest BCUT2D eigenvalue weighted by molar-refractivity contribution is 5.89. The van der Waals surface area contributed by atoms with Gasteiger partial charge < -0.3 is 10.0 Å². The molecule has 20 heavy (non-hydrogen) atoms. The van der Waals surface area contributed by atoms with E-state index in [0.29, 0.717) is 13.0 Å². The second-order valence-electron chi connectivity index (χ2n) is 5.14. The van der Waals surface area contributed by atoms with E-state index in [9.17, 15) is 14.0 Å². The number of rotatable bonds is 5. The average Bonchev–Trinajstić information content (AvgIpc) is 3.20. The Balaban J connectivity index is 2.10. The number of benzene rings is 1. The van der Waals surface area contributed by atoms with Crippen LogP contribution in [0, 0.1) is 17.7 Å². The molecule has 1 fully saturated rings. The number of carboxylic acids is 1. The summed E-state index contributed by atoms with van der Waals surface area (Å²) in [5, 5.41) is 8.90. The summed E-state index contributed by atoms with van der Waals surface area (Å²) in [4.78, 5) is 24.8. The van der Waals surface area contributed by atoms with Crippen molar-refractivity contribution in [3.63, 3.8) is 0 Å². The predicted octanol–water partition coefficient (Wildman–Crippen LogP) is 2.46. The van der Waals surface area contributed by atoms with Crippen molar-refractivity contribution in [3.8, 4) is 0 Å². The van der Waals surface area contributed by atoms with E-state index in [0.717, 1.165) is 5.56 Å². The maximum absolute atomic E-state index is 12.9. The van der Waals surface area contributed by atoms with E-state index < -0.39 is 17.8 Å². The van der Waals surface area contributed by atoms with E-state index in [-0.39, 0.29) is 17.8 Å². The van der Waals surface area contributed by atoms with Crippen molar-refractivity contribution in [1.82, 2.24) is 4.90 Å². The summed E-state index contributed by atoms with van der Waals surface area (Å²) in [6.07, 6.45) is 0.417. The molecule has 3 unspecified atom stereocenters. The number of carboxylic acid groups (broad SMARTS) is 1. The van der Waals surface area contributed by atoms with Gasteiger partial charge in [0.2, 0.25) is 5.91 Å². The molecule has 1 aromatic carbocycles. The summed E-state index contributed by atoms with van der Waals surface area (Å²) >= 11 is 0. The summed E-state index contributed by atoms with van der Waals surface area (Å²) in [5.41, 5.74) is 0.842. The molecule has 4 nitrogen and oxygen atoms in total. The smallest absolute Gasteiger partial charge is 0.307 e. The van der Waals surface area contributed by atoms with Crippen LogP contribution < -0.4 is 0 Å². The SMILES string of the molecule is CCN(C(=O)C1CC1C(=O)O)C(C)c1ccc(F)cc1. The van der Waals surface area contributed by atoms with Gasteiger partial charge in [-0.3, -0.25) is 9.59 Å². The molecule has 1 saturated carbocycles. The van der Waals surface area contributed by atoms with Gasteiger partial charge in [0.1, 0.15) is 5.82 Å². The Morgan fingerprint density at radius 1 is 1.35 bits per heavy atom. The van der Waals surface area contributed by atoms with E-state index in [1.54, 1.807) is 17.0 Å². The van der Waals surface area contributed by atoms with Gasteiger partial charge in [0.05, 0.1) is 17.9 Å². The molecule has 1 N–H and O–H groups in total. The van der Waals surface area contributed by atoms with Gasteiger partial charge in [-0.1, -0.05) is 12.1 Å². The summed E-state index contributed by atoms with van der Waals surface area (Å²) in [6, 6.07) is 5.83. The molecule has 108 valence electrons. The van der Waals surface area contributed by atoms with E-state index in [4.69, 9.17) is 5.11 Å². The minimum atomic E-state index is -0.908. The zero-order valence-electron chi connectivity index (χ0n) is 11.5. The largest absolute Gasteiger partial charge is 0.481 e. The Kier molecular flexibility index (Phi) is 4.06. The maximum Gasteiger partial charge on any atom is 0.307 e. The van der Waals surface area contributed by atoms with Crippen molar-refractivity contribution in [1.29, 1.82) is 0 Å². The molecule has 0 bridgehead atoms. The van der Waals surface area contributed by atoms with Gasteiger partial charge >= 0.3 is 5.97 Å². The highest BCUT2D eigenvalue weighted by atomic mass is 19.1. The molecular weight excluding hydrogens is 261 g/mol. The number of amides is 1. The van der Waals surface area contributed by atoms with Crippen LogP contribution >= 0.6 is 0 Å². The maximum atomic E-state index is 12.9. The molecule has 0 heterocycles. The summed E-state index contributed by atoms with van der Waals surface area (Å²) < 4.78 is 12.9. The lowest BCUT2D eigenvalue weighted by atomic mass is 10.1. The number of carbonyl (C=O) groups is 2. The Morgan fingerprint density at radius 3 is 2.40 bits per heavy atom. The zero-order chi connectivity index (χ0) is 14.9. The second kappa shape index (κ2) is 5.61. The fourth-order valence-corrected chi connectivity index (χ4v) is 2.50. The molecule has 1 amide bonds. The van der Waals surface area contributed by atoms with Gasteiger partial charge in [-0.2, -0.15) is 0 Å². The topological polar surface area (TPSA) is 57.6 Å². The zero-order valence-corrected chi connectivity index (χ0v) is 11.5. The van der Waals surface area contributed by atoms with Gasteiger partial charge in [-0.25, -0.2) is 4.39 Å². The van der Waals surface area contributed by atoms with Crippen molar-refractivity contribution in [2.75, 3.05) is 6.54 Å². The molecule has 0 saturated heterocycles. The third-order valence-corrected chi connectivity index (χ3v) is 3.87. The lowest BCUT2D eigenvalue weighted by Crippen LogP contribution is -2.35. The van der Waals surface area contributed by atoms with E-state index >= 15 is 0 Å². The highest BCUT2D eigenvalue weighted by Crippen LogP contribution is 2.41. The molecule has 1 aliphatic rings. The molecule has 1 aromatic rings. The van der Waals surface area contributed by atoms with Gasteiger partial charge in [-0.05, 0) is 38.0 Å². The lowest BCUT2D eigenvalue weighted by Gasteiger charge is -2.28. The van der Waals surface area contributed by atoms with Crippen molar-refractivity contribution in [2.24, 2.45) is 11.8 Å². The number of nitrogens with zero attached hydrogens (tertiary/aromatic N) is 1. The molecule has 2 rings (SSSR count). The first-order valence-corrected chi connectivity index (χ1v) is 6.74. The van der Waals surface area contributed by atoms with Crippen LogP contribution in [0.3, 0.4) is 0 Å². The molecule has 0 aliphatic heterocycles. The second-order valence-corrected chi connectivity index (χ2v) is 5.14. The minimum absolute atomic E-state index is 0.128. The quantitative estimate of drug-likeness (QED) is 0.900. The lowest BCUT2D eigenvalue weighted by molar-refractivity contribution is -0.142. The normalized spacial score (nSPS) is 22.1. The number of hydrogen-bond acceptors (Lipinski definition) is 2. The van der Waals surface area contributed by atoms with E-state index in [2.05, 4.69) is 0 Å². The van der Waals surface area contributed by atoms with Gasteiger partial charge in [0.15, 0.2) is 0 Å². The number of aliphatic carboxylic acids is 1. The van der Waals surface area contributed by atoms with Crippen LogP contribution in [0.1, 0.15) is 31.9 Å². The molecular formula is C15H18FNO3. The van der Waals surface area contributed by atoms with Crippen molar-refractivity contribution < 1.29 is 19.1 Å². The molecule has 1 aliphatic carbocycles. The summed E-state index contributed by atoms with van der Waals surface area (Å²) in [7, 11) is 0. The van der Waals surface area contributed by atoms with Crippen molar-refractivity contribution in [3.05, 3.63) is 35.6 Å². The monoisotopic (exact) mass is 279 g/mol. The Bertz CT molecular complexity index is 514. The minimum Gasteiger partial charge on any atom is -0.481 e. The average molecular weight is 279 g/mol. The van der Waals surface area contributed by atoms with Gasteiger partial charge in [0.25, 0.3) is 0 Å². The molecule has 0 aromatic heterocycles. The first-order valence-electron chi connectivity index (χ1n) is 6.74. The van der Waals surface area contributed by atoms with Crippen molar-refractivity contribution in [2.45, 2.75) is 26.3 Å². The van der Waals surface area contributed by atoms with Crippen LogP contribution in [-0.4, -0.2) is 28.4 Å². The number of halogens is 1. The first-order chi connectivity index (χ1) is 9.45. The Morgan fingerprint density at radius 2 is 1.95 bits per heavy atom. The van der Waals surface area contributed by atoms with Gasteiger partial charge in [0, 0.05) is 6.54 Å². The van der Waals surface area contributed by atoms with Crippen LogP contribution in [0.2, 0.25) is 0 Å². The predicted molar refractivity (Wildman–Crippen MR) is 71.4 cm³/mol.